The number of aromatic hydroxyl groups is 1. The van der Waals surface area contributed by atoms with Crippen molar-refractivity contribution >= 4 is 11.9 Å². The minimum absolute atomic E-state index is 0.0545. The van der Waals surface area contributed by atoms with Gasteiger partial charge in [-0.3, -0.25) is 14.5 Å². The summed E-state index contributed by atoms with van der Waals surface area (Å²) in [5, 5.41) is 22.0. The number of likely N-dealkylation sites (tertiary alicyclic amines) is 1. The number of esters is 1. The molecule has 0 saturated carbocycles. The third-order valence-electron chi connectivity index (χ3n) is 8.94. The Morgan fingerprint density at radius 1 is 1.05 bits per heavy atom. The molecule has 2 N–H and O–H groups in total. The van der Waals surface area contributed by atoms with Crippen molar-refractivity contribution in [1.29, 1.82) is 0 Å². The molecule has 0 amide bonds. The van der Waals surface area contributed by atoms with Crippen LogP contribution in [0.2, 0.25) is 0 Å². The maximum atomic E-state index is 14.0. The molecule has 2 atom stereocenters. The predicted molar refractivity (Wildman–Crippen MR) is 154 cm³/mol. The van der Waals surface area contributed by atoms with E-state index in [-0.39, 0.29) is 35.0 Å². The Bertz CT molecular complexity index is 1030. The quantitative estimate of drug-likeness (QED) is 0.278. The molecule has 1 aromatic carbocycles. The number of likely N-dealkylation sites (N-methyl/N-ethyl adjacent to an activating group) is 1. The molecule has 1 aromatic rings. The Labute approximate surface area is 231 Å². The van der Waals surface area contributed by atoms with Crippen molar-refractivity contribution in [1.82, 2.24) is 4.90 Å². The Kier molecular flexibility index (Phi) is 9.15. The van der Waals surface area contributed by atoms with Gasteiger partial charge in [-0.25, -0.2) is 0 Å². The van der Waals surface area contributed by atoms with Crippen LogP contribution in [0.4, 0.5) is 0 Å². The first-order valence-electron chi connectivity index (χ1n) is 14.2. The molecule has 2 rings (SSSR count). The lowest BCUT2D eigenvalue weighted by atomic mass is 9.73. The van der Waals surface area contributed by atoms with Crippen LogP contribution in [0, 0.1) is 5.41 Å². The zero-order valence-corrected chi connectivity index (χ0v) is 26.0. The van der Waals surface area contributed by atoms with Crippen LogP contribution < -0.4 is 0 Å². The average molecular weight is 532 g/mol. The highest BCUT2D eigenvalue weighted by atomic mass is 16.5. The summed E-state index contributed by atoms with van der Waals surface area (Å²) >= 11 is 0. The van der Waals surface area contributed by atoms with Gasteiger partial charge in [0.1, 0.15) is 11.9 Å². The summed E-state index contributed by atoms with van der Waals surface area (Å²) < 4.78 is 6.16. The van der Waals surface area contributed by atoms with E-state index < -0.39 is 29.0 Å². The first-order valence-corrected chi connectivity index (χ1v) is 14.2. The lowest BCUT2D eigenvalue weighted by Gasteiger charge is -2.54. The largest absolute Gasteiger partial charge is 0.507 e. The van der Waals surface area contributed by atoms with Gasteiger partial charge in [0.05, 0.1) is 5.54 Å². The monoisotopic (exact) mass is 531 g/mol. The van der Waals surface area contributed by atoms with E-state index in [2.05, 4.69) is 53.4 Å². The van der Waals surface area contributed by atoms with Crippen molar-refractivity contribution < 1.29 is 24.5 Å². The number of carbonyl (C=O) groups excluding carboxylic acids is 1. The van der Waals surface area contributed by atoms with Crippen molar-refractivity contribution in [3.63, 3.8) is 0 Å². The molecule has 6 nitrogen and oxygen atoms in total. The number of phenols is 1. The van der Waals surface area contributed by atoms with Crippen LogP contribution in [0.1, 0.15) is 125 Å². The Morgan fingerprint density at radius 3 is 2.11 bits per heavy atom. The highest BCUT2D eigenvalue weighted by Gasteiger charge is 2.52. The van der Waals surface area contributed by atoms with Crippen LogP contribution in [0.15, 0.2) is 12.1 Å². The van der Waals surface area contributed by atoms with Crippen molar-refractivity contribution in [2.45, 2.75) is 143 Å². The second-order valence-corrected chi connectivity index (χ2v) is 14.7. The van der Waals surface area contributed by atoms with Gasteiger partial charge in [-0.15, -0.1) is 0 Å². The number of piperidine rings is 1. The van der Waals surface area contributed by atoms with E-state index in [0.29, 0.717) is 18.4 Å². The number of carboxylic acid groups (broad SMARTS) is 1. The summed E-state index contributed by atoms with van der Waals surface area (Å²) in [7, 11) is 2.03. The molecule has 6 heteroatoms. The number of hydrogen-bond donors (Lipinski definition) is 2. The van der Waals surface area contributed by atoms with E-state index in [1.165, 1.54) is 0 Å². The van der Waals surface area contributed by atoms with Gasteiger partial charge < -0.3 is 14.9 Å². The van der Waals surface area contributed by atoms with Crippen LogP contribution in [-0.2, 0) is 31.6 Å². The molecule has 1 heterocycles. The van der Waals surface area contributed by atoms with Gasteiger partial charge in [-0.1, -0.05) is 73.4 Å². The summed E-state index contributed by atoms with van der Waals surface area (Å²) in [6, 6.07) is 3.89. The number of phenolic OH excluding ortho intramolecular Hbond substituents is 1. The number of carboxylic acids is 1. The van der Waals surface area contributed by atoms with Crippen LogP contribution in [0.5, 0.6) is 5.75 Å². The molecule has 2 unspecified atom stereocenters. The number of aliphatic carboxylic acids is 1. The molecule has 1 aliphatic rings. The van der Waals surface area contributed by atoms with Crippen molar-refractivity contribution in [2.75, 3.05) is 7.05 Å². The SMILES string of the molecule is CCCCC(Cc1cc(C(C)(C)C)cc(C(C)(C)C)c1O)(C(=O)O)C(=O)OC1CCC(C)(C)N(C)C1(C)C. The molecule has 1 fully saturated rings. The van der Waals surface area contributed by atoms with E-state index in [0.717, 1.165) is 24.0 Å². The van der Waals surface area contributed by atoms with E-state index in [4.69, 9.17) is 4.74 Å². The van der Waals surface area contributed by atoms with Crippen LogP contribution >= 0.6 is 0 Å². The molecular weight excluding hydrogens is 478 g/mol. The lowest BCUT2D eigenvalue weighted by molar-refractivity contribution is -0.185. The minimum Gasteiger partial charge on any atom is -0.507 e. The second-order valence-electron chi connectivity index (χ2n) is 14.7. The summed E-state index contributed by atoms with van der Waals surface area (Å²) in [5.41, 5.74) is -0.654. The molecule has 38 heavy (non-hydrogen) atoms. The van der Waals surface area contributed by atoms with Gasteiger partial charge in [-0.2, -0.15) is 0 Å². The molecule has 1 aliphatic heterocycles. The van der Waals surface area contributed by atoms with E-state index in [1.54, 1.807) is 0 Å². The second kappa shape index (κ2) is 10.8. The average Bonchev–Trinajstić information content (AvgIpc) is 2.76. The molecule has 0 aromatic heterocycles. The van der Waals surface area contributed by atoms with E-state index >= 15 is 0 Å². The molecule has 0 spiro atoms. The molecular formula is C32H53NO5. The highest BCUT2D eigenvalue weighted by Crippen LogP contribution is 2.44. The van der Waals surface area contributed by atoms with Crippen LogP contribution in [0.25, 0.3) is 0 Å². The normalized spacial score (nSPS) is 21.5. The number of ether oxygens (including phenoxy) is 1. The summed E-state index contributed by atoms with van der Waals surface area (Å²) in [5.74, 6) is -1.83. The summed E-state index contributed by atoms with van der Waals surface area (Å²) in [6.07, 6.45) is 2.41. The third kappa shape index (κ3) is 6.38. The summed E-state index contributed by atoms with van der Waals surface area (Å²) in [6.45, 7) is 22.8. The number of nitrogens with zero attached hydrogens (tertiary/aromatic N) is 1. The van der Waals surface area contributed by atoms with Gasteiger partial charge in [0.15, 0.2) is 5.41 Å². The highest BCUT2D eigenvalue weighted by molar-refractivity contribution is 5.99. The van der Waals surface area contributed by atoms with Crippen LogP contribution in [0.3, 0.4) is 0 Å². The fourth-order valence-electron chi connectivity index (χ4n) is 5.62. The van der Waals surface area contributed by atoms with Gasteiger partial charge in [0.25, 0.3) is 0 Å². The number of unbranched alkanes of at least 4 members (excludes halogenated alkanes) is 1. The lowest BCUT2D eigenvalue weighted by Crippen LogP contribution is -2.64. The van der Waals surface area contributed by atoms with E-state index in [9.17, 15) is 19.8 Å². The van der Waals surface area contributed by atoms with Gasteiger partial charge in [0, 0.05) is 12.0 Å². The maximum Gasteiger partial charge on any atom is 0.324 e. The number of carbonyl (C=O) groups is 2. The fourth-order valence-corrected chi connectivity index (χ4v) is 5.62. The van der Waals surface area contributed by atoms with Crippen LogP contribution in [-0.4, -0.2) is 51.3 Å². The zero-order valence-electron chi connectivity index (χ0n) is 26.0. The molecule has 0 radical (unpaired) electrons. The molecule has 216 valence electrons. The van der Waals surface area contributed by atoms with Crippen molar-refractivity contribution in [3.05, 3.63) is 28.8 Å². The topological polar surface area (TPSA) is 87.1 Å². The predicted octanol–water partition coefficient (Wildman–Crippen LogP) is 6.99. The minimum atomic E-state index is -1.79. The smallest absolute Gasteiger partial charge is 0.324 e. The first-order chi connectivity index (χ1) is 17.1. The van der Waals surface area contributed by atoms with Crippen molar-refractivity contribution in [2.24, 2.45) is 5.41 Å². The zero-order chi connectivity index (χ0) is 29.5. The first kappa shape index (κ1) is 32.1. The Morgan fingerprint density at radius 2 is 1.63 bits per heavy atom. The Hall–Kier alpha value is -2.08. The third-order valence-corrected chi connectivity index (χ3v) is 8.94. The molecule has 0 bridgehead atoms. The standard InChI is InChI=1S/C32H53NO5/c1-13-14-16-32(26(35)36,27(37)38-24-15-17-30(8,9)33(12)31(24,10)11)20-21-18-22(28(2,3)4)19-23(25(21)34)29(5,6)7/h18-19,24,34H,13-17,20H2,1-12H3,(H,35,36). The van der Waals surface area contributed by atoms with Gasteiger partial charge in [0.2, 0.25) is 0 Å². The van der Waals surface area contributed by atoms with Gasteiger partial charge >= 0.3 is 11.9 Å². The Balaban J connectivity index is 2.63. The summed E-state index contributed by atoms with van der Waals surface area (Å²) in [4.78, 5) is 29.3. The van der Waals surface area contributed by atoms with E-state index in [1.807, 2.05) is 46.9 Å². The molecule has 0 aliphatic carbocycles. The van der Waals surface area contributed by atoms with Crippen molar-refractivity contribution in [3.8, 4) is 5.75 Å². The fraction of sp³-hybridized carbons (Fsp3) is 0.750. The number of rotatable bonds is 8. The molecule has 1 saturated heterocycles. The maximum absolute atomic E-state index is 14.0. The van der Waals surface area contributed by atoms with Gasteiger partial charge in [-0.05, 0) is 81.5 Å². The number of benzene rings is 1. The number of hydrogen-bond acceptors (Lipinski definition) is 5.